The molecule has 0 fully saturated rings. The van der Waals surface area contributed by atoms with Crippen molar-refractivity contribution in [3.8, 4) is 0 Å². The average molecular weight is 296 g/mol. The number of halogens is 2. The molecular formula is C12H7ClFN3OS. The van der Waals surface area contributed by atoms with Crippen LogP contribution in [0.3, 0.4) is 0 Å². The number of benzene rings is 1. The molecular weight excluding hydrogens is 289 g/mol. The molecule has 0 aliphatic carbocycles. The van der Waals surface area contributed by atoms with E-state index in [1.54, 1.807) is 18.2 Å². The predicted octanol–water partition coefficient (Wildman–Crippen LogP) is 3.10. The summed E-state index contributed by atoms with van der Waals surface area (Å²) in [6.45, 7) is 0. The monoisotopic (exact) mass is 295 g/mol. The van der Waals surface area contributed by atoms with Crippen molar-refractivity contribution in [1.29, 1.82) is 0 Å². The van der Waals surface area contributed by atoms with Gasteiger partial charge in [-0.1, -0.05) is 6.07 Å². The van der Waals surface area contributed by atoms with Crippen molar-refractivity contribution in [3.05, 3.63) is 46.5 Å². The lowest BCUT2D eigenvalue weighted by atomic mass is 10.3. The van der Waals surface area contributed by atoms with Crippen molar-refractivity contribution in [2.45, 2.75) is 4.90 Å². The highest BCUT2D eigenvalue weighted by Gasteiger charge is 2.21. The van der Waals surface area contributed by atoms with Gasteiger partial charge in [0, 0.05) is 11.1 Å². The van der Waals surface area contributed by atoms with E-state index < -0.39 is 10.8 Å². The van der Waals surface area contributed by atoms with E-state index in [-0.39, 0.29) is 11.1 Å². The third-order valence-corrected chi connectivity index (χ3v) is 3.86. The molecule has 0 radical (unpaired) electrons. The number of anilines is 2. The first-order valence-corrected chi connectivity index (χ1v) is 6.91. The van der Waals surface area contributed by atoms with Crippen LogP contribution in [-0.4, -0.2) is 14.2 Å². The van der Waals surface area contributed by atoms with Gasteiger partial charge in [-0.3, -0.25) is 0 Å². The lowest BCUT2D eigenvalue weighted by Crippen LogP contribution is -2.02. The van der Waals surface area contributed by atoms with Crippen LogP contribution in [-0.2, 0) is 10.8 Å². The number of aromatic nitrogens is 2. The summed E-state index contributed by atoms with van der Waals surface area (Å²) in [6, 6.07) is 5.89. The molecule has 1 N–H and O–H groups in total. The van der Waals surface area contributed by atoms with Gasteiger partial charge in [0.1, 0.15) is 10.7 Å². The smallest absolute Gasteiger partial charge is 0.224 e. The van der Waals surface area contributed by atoms with E-state index in [1.807, 2.05) is 0 Å². The van der Waals surface area contributed by atoms with E-state index >= 15 is 0 Å². The standard InChI is InChI=1S/C12H7ClFN3OS/c13-12-16-9-4-5-19(18)10(9)11(17-12)15-8-3-1-2-7(14)6-8/h1-6H,(H,15,16,17). The van der Waals surface area contributed by atoms with Gasteiger partial charge in [0.05, 0.1) is 16.5 Å². The Morgan fingerprint density at radius 2 is 2.16 bits per heavy atom. The van der Waals surface area contributed by atoms with Gasteiger partial charge >= 0.3 is 0 Å². The van der Waals surface area contributed by atoms with E-state index in [0.717, 1.165) is 0 Å². The van der Waals surface area contributed by atoms with Crippen molar-refractivity contribution in [3.63, 3.8) is 0 Å². The van der Waals surface area contributed by atoms with Gasteiger partial charge in [-0.2, -0.15) is 4.98 Å². The van der Waals surface area contributed by atoms with Crippen molar-refractivity contribution < 1.29 is 8.60 Å². The molecule has 19 heavy (non-hydrogen) atoms. The van der Waals surface area contributed by atoms with Gasteiger partial charge in [0.15, 0.2) is 5.82 Å². The van der Waals surface area contributed by atoms with Crippen LogP contribution in [0.25, 0.3) is 6.08 Å². The zero-order chi connectivity index (χ0) is 13.4. The van der Waals surface area contributed by atoms with Gasteiger partial charge in [-0.15, -0.1) is 0 Å². The van der Waals surface area contributed by atoms with Gasteiger partial charge in [-0.25, -0.2) is 13.6 Å². The summed E-state index contributed by atoms with van der Waals surface area (Å²) in [5, 5.41) is 4.46. The largest absolute Gasteiger partial charge is 0.339 e. The zero-order valence-electron chi connectivity index (χ0n) is 9.43. The molecule has 1 aromatic heterocycles. The summed E-state index contributed by atoms with van der Waals surface area (Å²) in [6.07, 6.45) is 1.62. The molecule has 1 atom stereocenters. The highest BCUT2D eigenvalue weighted by molar-refractivity contribution is 7.88. The number of nitrogens with one attached hydrogen (secondary N) is 1. The quantitative estimate of drug-likeness (QED) is 0.865. The third-order valence-electron chi connectivity index (χ3n) is 2.50. The van der Waals surface area contributed by atoms with Crippen LogP contribution >= 0.6 is 11.6 Å². The predicted molar refractivity (Wildman–Crippen MR) is 72.2 cm³/mol. The van der Waals surface area contributed by atoms with Crippen molar-refractivity contribution in [2.24, 2.45) is 0 Å². The minimum absolute atomic E-state index is 0.0428. The van der Waals surface area contributed by atoms with Gasteiger partial charge < -0.3 is 5.32 Å². The lowest BCUT2D eigenvalue weighted by molar-refractivity contribution is 0.628. The summed E-state index contributed by atoms with van der Waals surface area (Å²) < 4.78 is 25.0. The Labute approximate surface area is 115 Å². The molecule has 0 saturated carbocycles. The molecule has 7 heteroatoms. The first-order valence-electron chi connectivity index (χ1n) is 5.32. The Morgan fingerprint density at radius 1 is 1.32 bits per heavy atom. The van der Waals surface area contributed by atoms with E-state index in [4.69, 9.17) is 11.6 Å². The highest BCUT2D eigenvalue weighted by Crippen LogP contribution is 2.31. The molecule has 96 valence electrons. The fraction of sp³-hybridized carbons (Fsp3) is 0. The SMILES string of the molecule is O=S1C=Cc2nc(Cl)nc(Nc3cccc(F)c3)c21. The highest BCUT2D eigenvalue weighted by atomic mass is 35.5. The van der Waals surface area contributed by atoms with E-state index in [9.17, 15) is 8.60 Å². The maximum Gasteiger partial charge on any atom is 0.224 e. The minimum atomic E-state index is -1.32. The molecule has 0 bridgehead atoms. The molecule has 4 nitrogen and oxygen atoms in total. The fourth-order valence-electron chi connectivity index (χ4n) is 1.73. The zero-order valence-corrected chi connectivity index (χ0v) is 11.0. The molecule has 0 amide bonds. The topological polar surface area (TPSA) is 54.9 Å². The molecule has 0 saturated heterocycles. The second kappa shape index (κ2) is 4.71. The first kappa shape index (κ1) is 12.3. The van der Waals surface area contributed by atoms with Crippen molar-refractivity contribution >= 4 is 40.0 Å². The summed E-state index contributed by atoms with van der Waals surface area (Å²) in [4.78, 5) is 8.44. The molecule has 2 heterocycles. The molecule has 0 spiro atoms. The molecule has 1 aliphatic rings. The molecule has 2 aromatic rings. The van der Waals surface area contributed by atoms with E-state index in [1.165, 1.54) is 17.5 Å². The van der Waals surface area contributed by atoms with Crippen molar-refractivity contribution in [2.75, 3.05) is 5.32 Å². The Hall–Kier alpha value is -1.79. The summed E-state index contributed by atoms with van der Waals surface area (Å²) in [5.41, 5.74) is 1.01. The Bertz CT molecular complexity index is 720. The summed E-state index contributed by atoms with van der Waals surface area (Å²) in [7, 11) is -1.32. The first-order chi connectivity index (χ1) is 9.13. The summed E-state index contributed by atoms with van der Waals surface area (Å²) >= 11 is 5.80. The normalized spacial score (nSPS) is 16.4. The van der Waals surface area contributed by atoms with Crippen LogP contribution < -0.4 is 5.32 Å². The molecule has 1 aromatic carbocycles. The molecule has 1 aliphatic heterocycles. The molecule has 1 unspecified atom stereocenters. The number of rotatable bonds is 2. The van der Waals surface area contributed by atoms with Crippen LogP contribution in [0.2, 0.25) is 5.28 Å². The number of nitrogens with zero attached hydrogens (tertiary/aromatic N) is 2. The van der Waals surface area contributed by atoms with E-state index in [0.29, 0.717) is 22.1 Å². The van der Waals surface area contributed by atoms with Gasteiger partial charge in [-0.05, 0) is 35.9 Å². The number of hydrogen-bond donors (Lipinski definition) is 1. The average Bonchev–Trinajstić information content (AvgIpc) is 2.71. The van der Waals surface area contributed by atoms with Crippen LogP contribution in [0.15, 0.2) is 34.6 Å². The van der Waals surface area contributed by atoms with Crippen LogP contribution in [0.4, 0.5) is 15.9 Å². The maximum absolute atomic E-state index is 13.1. The maximum atomic E-state index is 13.1. The fourth-order valence-corrected chi connectivity index (χ4v) is 2.90. The lowest BCUT2D eigenvalue weighted by Gasteiger charge is -2.09. The van der Waals surface area contributed by atoms with E-state index in [2.05, 4.69) is 15.3 Å². The van der Waals surface area contributed by atoms with Crippen LogP contribution in [0.5, 0.6) is 0 Å². The minimum Gasteiger partial charge on any atom is -0.339 e. The molecule has 3 rings (SSSR count). The Morgan fingerprint density at radius 3 is 2.95 bits per heavy atom. The number of fused-ring (bicyclic) bond motifs is 1. The second-order valence-corrected chi connectivity index (χ2v) is 5.40. The Kier molecular flexibility index (Phi) is 3.04. The number of hydrogen-bond acceptors (Lipinski definition) is 4. The van der Waals surface area contributed by atoms with Gasteiger partial charge in [0.2, 0.25) is 5.28 Å². The van der Waals surface area contributed by atoms with Crippen LogP contribution in [0, 0.1) is 5.82 Å². The van der Waals surface area contributed by atoms with Crippen molar-refractivity contribution in [1.82, 2.24) is 9.97 Å². The summed E-state index contributed by atoms with van der Waals surface area (Å²) in [5.74, 6) is -0.0509. The third kappa shape index (κ3) is 2.36. The van der Waals surface area contributed by atoms with Gasteiger partial charge in [0.25, 0.3) is 0 Å². The second-order valence-electron chi connectivity index (χ2n) is 3.79. The Balaban J connectivity index is 2.05. The van der Waals surface area contributed by atoms with Crippen LogP contribution in [0.1, 0.15) is 5.69 Å².